The number of nitrogens with zero attached hydrogens (tertiary/aromatic N) is 4. The molecule has 0 spiro atoms. The number of pyridine rings is 2. The van der Waals surface area contributed by atoms with Crippen LogP contribution in [0.25, 0.3) is 0 Å². The molecule has 2 amide bonds. The maximum Gasteiger partial charge on any atom is 0.417 e. The number of halogens is 5. The molecule has 7 nitrogen and oxygen atoms in total. The summed E-state index contributed by atoms with van der Waals surface area (Å²) in [5, 5.41) is 2.60. The number of nitrogens with one attached hydrogen (secondary N) is 1. The third kappa shape index (κ3) is 5.26. The van der Waals surface area contributed by atoms with Crippen LogP contribution in [0, 0.1) is 11.6 Å². The van der Waals surface area contributed by atoms with E-state index < -0.39 is 40.8 Å². The molecule has 35 heavy (non-hydrogen) atoms. The lowest BCUT2D eigenvalue weighted by molar-refractivity contribution is -0.138. The fourth-order valence-corrected chi connectivity index (χ4v) is 3.33. The summed E-state index contributed by atoms with van der Waals surface area (Å²) in [6.07, 6.45) is 0.815. The van der Waals surface area contributed by atoms with Gasteiger partial charge in [0.25, 0.3) is 11.8 Å². The van der Waals surface area contributed by atoms with Gasteiger partial charge in [-0.3, -0.25) is 9.59 Å². The first-order valence-electron chi connectivity index (χ1n) is 10.1. The fourth-order valence-electron chi connectivity index (χ4n) is 3.33. The molecule has 2 aromatic heterocycles. The fraction of sp³-hybridized carbons (Fsp3) is 0.130. The number of alkyl halides is 3. The molecular weight excluding hydrogens is 473 g/mol. The third-order valence-corrected chi connectivity index (χ3v) is 5.03. The van der Waals surface area contributed by atoms with Gasteiger partial charge in [-0.15, -0.1) is 0 Å². The maximum absolute atomic E-state index is 13.7. The average Bonchev–Trinajstić information content (AvgIpc) is 2.85. The number of carbonyl (C=O) groups excluding carboxylic acids is 2. The van der Waals surface area contributed by atoms with E-state index in [1.54, 1.807) is 24.4 Å². The molecule has 1 aliphatic rings. The van der Waals surface area contributed by atoms with Crippen molar-refractivity contribution in [1.29, 1.82) is 0 Å². The van der Waals surface area contributed by atoms with Gasteiger partial charge in [0.15, 0.2) is 11.6 Å². The van der Waals surface area contributed by atoms with Crippen LogP contribution < -0.4 is 10.2 Å². The molecule has 3 heterocycles. The van der Waals surface area contributed by atoms with Crippen molar-refractivity contribution >= 4 is 23.5 Å². The third-order valence-electron chi connectivity index (χ3n) is 5.03. The first kappa shape index (κ1) is 23.8. The molecule has 0 saturated carbocycles. The lowest BCUT2D eigenvalue weighted by Gasteiger charge is -2.32. The van der Waals surface area contributed by atoms with Crippen LogP contribution in [-0.4, -0.2) is 39.9 Å². The van der Waals surface area contributed by atoms with Crippen molar-refractivity contribution in [2.24, 2.45) is 0 Å². The molecule has 0 bridgehead atoms. The van der Waals surface area contributed by atoms with Crippen LogP contribution in [0.15, 0.2) is 67.1 Å². The lowest BCUT2D eigenvalue weighted by Crippen LogP contribution is -2.43. The number of hydrogen-bond donors (Lipinski definition) is 1. The summed E-state index contributed by atoms with van der Waals surface area (Å²) in [6.45, 7) is -0.270. The zero-order valence-electron chi connectivity index (χ0n) is 17.8. The minimum atomic E-state index is -5.06. The van der Waals surface area contributed by atoms with Gasteiger partial charge < -0.3 is 15.1 Å². The van der Waals surface area contributed by atoms with Gasteiger partial charge in [-0.05, 0) is 42.5 Å². The Labute approximate surface area is 195 Å². The molecule has 3 aromatic rings. The van der Waals surface area contributed by atoms with Crippen LogP contribution in [0.2, 0.25) is 0 Å². The summed E-state index contributed by atoms with van der Waals surface area (Å²) < 4.78 is 67.1. The highest BCUT2D eigenvalue weighted by Gasteiger charge is 2.38. The Kier molecular flexibility index (Phi) is 6.45. The quantitative estimate of drug-likeness (QED) is 0.548. The predicted octanol–water partition coefficient (Wildman–Crippen LogP) is 4.46. The number of aromatic nitrogens is 2. The second-order valence-corrected chi connectivity index (χ2v) is 7.41. The highest BCUT2D eigenvalue weighted by atomic mass is 19.4. The monoisotopic (exact) mass is 489 g/mol. The van der Waals surface area contributed by atoms with Crippen LogP contribution in [-0.2, 0) is 6.18 Å². The molecule has 1 aliphatic heterocycles. The standard InChI is InChI=1S/C23H16F5N5O2/c24-17-10-15(16(11-18(17)25)23(26,27)28)22(35)33-9-3-8-32(13-33)20-6-5-14(12-30-20)21(34)31-19-4-1-2-7-29-19/h1-8,10-12H,9,13H2,(H,29,31,34). The molecule has 1 N–H and O–H groups in total. The van der Waals surface area contributed by atoms with Gasteiger partial charge in [0, 0.05) is 25.1 Å². The Bertz CT molecular complexity index is 1280. The van der Waals surface area contributed by atoms with Crippen LogP contribution >= 0.6 is 0 Å². The zero-order chi connectivity index (χ0) is 25.2. The van der Waals surface area contributed by atoms with Crippen molar-refractivity contribution in [3.63, 3.8) is 0 Å². The number of rotatable bonds is 4. The van der Waals surface area contributed by atoms with Crippen LogP contribution in [0.3, 0.4) is 0 Å². The summed E-state index contributed by atoms with van der Waals surface area (Å²) in [7, 11) is 0. The van der Waals surface area contributed by atoms with E-state index in [0.717, 1.165) is 4.90 Å². The van der Waals surface area contributed by atoms with Crippen molar-refractivity contribution in [3.8, 4) is 0 Å². The summed E-state index contributed by atoms with van der Waals surface area (Å²) in [5.41, 5.74) is -2.34. The van der Waals surface area contributed by atoms with E-state index in [0.29, 0.717) is 11.6 Å². The molecule has 0 aliphatic carbocycles. The second kappa shape index (κ2) is 9.49. The highest BCUT2D eigenvalue weighted by molar-refractivity contribution is 6.03. The maximum atomic E-state index is 13.7. The Morgan fingerprint density at radius 1 is 1.00 bits per heavy atom. The van der Waals surface area contributed by atoms with E-state index in [-0.39, 0.29) is 30.9 Å². The molecule has 12 heteroatoms. The van der Waals surface area contributed by atoms with Gasteiger partial charge in [-0.25, -0.2) is 18.7 Å². The average molecular weight is 489 g/mol. The van der Waals surface area contributed by atoms with Crippen LogP contribution in [0.4, 0.5) is 33.6 Å². The van der Waals surface area contributed by atoms with Crippen LogP contribution in [0.1, 0.15) is 26.3 Å². The number of hydrogen-bond acceptors (Lipinski definition) is 5. The van der Waals surface area contributed by atoms with E-state index in [1.807, 2.05) is 0 Å². The molecule has 4 rings (SSSR count). The first-order valence-corrected chi connectivity index (χ1v) is 10.1. The molecule has 0 unspecified atom stereocenters. The number of benzene rings is 1. The van der Waals surface area contributed by atoms with E-state index in [2.05, 4.69) is 15.3 Å². The lowest BCUT2D eigenvalue weighted by atomic mass is 10.0. The van der Waals surface area contributed by atoms with Gasteiger partial charge in [0.05, 0.1) is 23.4 Å². The van der Waals surface area contributed by atoms with Crippen molar-refractivity contribution in [3.05, 3.63) is 95.5 Å². The summed E-state index contributed by atoms with van der Waals surface area (Å²) >= 11 is 0. The van der Waals surface area contributed by atoms with E-state index in [4.69, 9.17) is 0 Å². The van der Waals surface area contributed by atoms with E-state index in [1.165, 1.54) is 35.5 Å². The zero-order valence-corrected chi connectivity index (χ0v) is 17.8. The Balaban J connectivity index is 1.50. The second-order valence-electron chi connectivity index (χ2n) is 7.41. The molecule has 0 fully saturated rings. The normalized spacial score (nSPS) is 13.6. The molecule has 0 atom stereocenters. The minimum Gasteiger partial charge on any atom is -0.317 e. The SMILES string of the molecule is O=C(Nc1ccccn1)c1ccc(N2C=CCN(C(=O)c3cc(F)c(F)cc3C(F)(F)F)C2)nc1. The van der Waals surface area contributed by atoms with Gasteiger partial charge in [-0.1, -0.05) is 6.07 Å². The number of amides is 2. The Morgan fingerprint density at radius 2 is 1.77 bits per heavy atom. The summed E-state index contributed by atoms with van der Waals surface area (Å²) in [6, 6.07) is 8.20. The molecule has 180 valence electrons. The summed E-state index contributed by atoms with van der Waals surface area (Å²) in [5.74, 6) is -4.19. The smallest absolute Gasteiger partial charge is 0.317 e. The topological polar surface area (TPSA) is 78.4 Å². The molecule has 0 radical (unpaired) electrons. The van der Waals surface area contributed by atoms with Crippen molar-refractivity contribution in [1.82, 2.24) is 14.9 Å². The largest absolute Gasteiger partial charge is 0.417 e. The first-order chi connectivity index (χ1) is 16.6. The predicted molar refractivity (Wildman–Crippen MR) is 115 cm³/mol. The molecule has 1 aromatic carbocycles. The molecule has 0 saturated heterocycles. The summed E-state index contributed by atoms with van der Waals surface area (Å²) in [4.78, 5) is 35.8. The van der Waals surface area contributed by atoms with Gasteiger partial charge in [0.1, 0.15) is 11.6 Å². The minimum absolute atomic E-state index is 0.0313. The molecular formula is C23H16F5N5O2. The van der Waals surface area contributed by atoms with Crippen molar-refractivity contribution in [2.45, 2.75) is 6.18 Å². The van der Waals surface area contributed by atoms with Gasteiger partial charge in [0.2, 0.25) is 0 Å². The van der Waals surface area contributed by atoms with E-state index in [9.17, 15) is 31.5 Å². The van der Waals surface area contributed by atoms with Crippen LogP contribution in [0.5, 0.6) is 0 Å². The van der Waals surface area contributed by atoms with Gasteiger partial charge >= 0.3 is 6.18 Å². The highest BCUT2D eigenvalue weighted by Crippen LogP contribution is 2.34. The van der Waals surface area contributed by atoms with Crippen molar-refractivity contribution < 1.29 is 31.5 Å². The van der Waals surface area contributed by atoms with E-state index >= 15 is 0 Å². The number of anilines is 2. The Morgan fingerprint density at radius 3 is 2.43 bits per heavy atom. The van der Waals surface area contributed by atoms with Crippen molar-refractivity contribution in [2.75, 3.05) is 23.4 Å². The number of carbonyl (C=O) groups is 2. The Hall–Kier alpha value is -4.35. The van der Waals surface area contributed by atoms with Gasteiger partial charge in [-0.2, -0.15) is 13.2 Å².